The van der Waals surface area contributed by atoms with Gasteiger partial charge >= 0.3 is 0 Å². The van der Waals surface area contributed by atoms with Crippen molar-refractivity contribution in [3.63, 3.8) is 0 Å². The van der Waals surface area contributed by atoms with Gasteiger partial charge < -0.3 is 4.74 Å². The summed E-state index contributed by atoms with van der Waals surface area (Å²) in [7, 11) is 0. The third-order valence-electron chi connectivity index (χ3n) is 2.52. The van der Waals surface area contributed by atoms with Crippen molar-refractivity contribution in [2.24, 2.45) is 0 Å². The molecule has 2 rings (SSSR count). The molecule has 0 aliphatic carbocycles. The molecule has 0 saturated heterocycles. The van der Waals surface area contributed by atoms with E-state index in [4.69, 9.17) is 4.74 Å². The molecule has 1 N–H and O–H groups in total. The number of carbonyl (C=O) groups excluding carboxylic acids is 1. The van der Waals surface area contributed by atoms with Crippen LogP contribution in [0, 0.1) is 6.92 Å². The maximum atomic E-state index is 11.7. The molecule has 1 aromatic heterocycles. The highest BCUT2D eigenvalue weighted by atomic mass is 16.5. The maximum absolute atomic E-state index is 11.7. The number of amides is 1. The molecule has 0 aliphatic heterocycles. The van der Waals surface area contributed by atoms with E-state index in [9.17, 15) is 4.79 Å². The van der Waals surface area contributed by atoms with Crippen molar-refractivity contribution < 1.29 is 9.53 Å². The smallest absolute Gasteiger partial charge is 0.270 e. The predicted molar refractivity (Wildman–Crippen MR) is 73.4 cm³/mol. The van der Waals surface area contributed by atoms with E-state index in [1.165, 1.54) is 4.80 Å². The number of tetrazole rings is 1. The number of carbonyl (C=O) groups is 1. The van der Waals surface area contributed by atoms with E-state index in [0.717, 1.165) is 12.0 Å². The first-order valence-electron chi connectivity index (χ1n) is 6.44. The van der Waals surface area contributed by atoms with Gasteiger partial charge in [0, 0.05) is 0 Å². The zero-order valence-electron chi connectivity index (χ0n) is 11.5. The van der Waals surface area contributed by atoms with E-state index in [0.29, 0.717) is 12.3 Å². The summed E-state index contributed by atoms with van der Waals surface area (Å²) in [6.45, 7) is 4.58. The highest BCUT2D eigenvalue weighted by Gasteiger charge is 2.08. The van der Waals surface area contributed by atoms with Gasteiger partial charge in [0.05, 0.1) is 6.54 Å². The van der Waals surface area contributed by atoms with Crippen LogP contribution in [0.3, 0.4) is 0 Å². The summed E-state index contributed by atoms with van der Waals surface area (Å²) in [5.41, 5.74) is 1.14. The largest absolute Gasteiger partial charge is 0.484 e. The molecule has 1 amide bonds. The Kier molecular flexibility index (Phi) is 4.65. The van der Waals surface area contributed by atoms with Crippen LogP contribution in [0.1, 0.15) is 18.9 Å². The summed E-state index contributed by atoms with van der Waals surface area (Å²) in [4.78, 5) is 13.1. The van der Waals surface area contributed by atoms with Crippen LogP contribution in [0.4, 0.5) is 5.95 Å². The highest BCUT2D eigenvalue weighted by molar-refractivity contribution is 5.90. The summed E-state index contributed by atoms with van der Waals surface area (Å²) < 4.78 is 5.35. The average molecular weight is 275 g/mol. The summed E-state index contributed by atoms with van der Waals surface area (Å²) >= 11 is 0. The topological polar surface area (TPSA) is 81.9 Å². The van der Waals surface area contributed by atoms with Crippen LogP contribution in [-0.2, 0) is 11.3 Å². The van der Waals surface area contributed by atoms with Crippen molar-refractivity contribution in [3.8, 4) is 5.75 Å². The van der Waals surface area contributed by atoms with E-state index in [2.05, 4.69) is 20.7 Å². The number of aryl methyl sites for hydroxylation is 2. The summed E-state index contributed by atoms with van der Waals surface area (Å²) in [5, 5.41) is 14.1. The maximum Gasteiger partial charge on any atom is 0.270 e. The normalized spacial score (nSPS) is 10.3. The van der Waals surface area contributed by atoms with Gasteiger partial charge in [-0.2, -0.15) is 4.80 Å². The minimum atomic E-state index is -0.318. The van der Waals surface area contributed by atoms with Crippen LogP contribution in [0.2, 0.25) is 0 Å². The Morgan fingerprint density at radius 2 is 2.10 bits per heavy atom. The average Bonchev–Trinajstić information content (AvgIpc) is 2.86. The molecule has 1 aromatic carbocycles. The molecule has 7 nitrogen and oxygen atoms in total. The number of nitrogens with zero attached hydrogens (tertiary/aromatic N) is 4. The standard InChI is InChI=1S/C13H17N5O2/c1-3-8-18-16-13(15-17-18)14-12(19)9-20-11-6-4-10(2)5-7-11/h4-7H,3,8-9H2,1-2H3,(H,14,16,19). The lowest BCUT2D eigenvalue weighted by Gasteiger charge is -2.05. The first-order chi connectivity index (χ1) is 9.67. The van der Waals surface area contributed by atoms with Gasteiger partial charge in [-0.3, -0.25) is 10.1 Å². The lowest BCUT2D eigenvalue weighted by Crippen LogP contribution is -2.21. The van der Waals surface area contributed by atoms with Crippen LogP contribution in [0.15, 0.2) is 24.3 Å². The van der Waals surface area contributed by atoms with Crippen LogP contribution in [0.5, 0.6) is 5.75 Å². The number of anilines is 1. The molecule has 7 heteroatoms. The molecular weight excluding hydrogens is 258 g/mol. The van der Waals surface area contributed by atoms with E-state index in [1.54, 1.807) is 0 Å². The van der Waals surface area contributed by atoms with Gasteiger partial charge in [0.25, 0.3) is 11.9 Å². The third kappa shape index (κ3) is 4.04. The number of benzene rings is 1. The van der Waals surface area contributed by atoms with Crippen molar-refractivity contribution in [1.82, 2.24) is 20.2 Å². The first-order valence-corrected chi connectivity index (χ1v) is 6.44. The Morgan fingerprint density at radius 3 is 2.80 bits per heavy atom. The zero-order valence-corrected chi connectivity index (χ0v) is 11.5. The van der Waals surface area contributed by atoms with Gasteiger partial charge in [0.2, 0.25) is 0 Å². The number of nitrogens with one attached hydrogen (secondary N) is 1. The Bertz CT molecular complexity index is 564. The second-order valence-electron chi connectivity index (χ2n) is 4.36. The molecule has 0 fully saturated rings. The van der Waals surface area contributed by atoms with Crippen LogP contribution < -0.4 is 10.1 Å². The second-order valence-corrected chi connectivity index (χ2v) is 4.36. The van der Waals surface area contributed by atoms with E-state index in [-0.39, 0.29) is 18.5 Å². The van der Waals surface area contributed by atoms with E-state index >= 15 is 0 Å². The lowest BCUT2D eigenvalue weighted by atomic mass is 10.2. The van der Waals surface area contributed by atoms with Gasteiger partial charge in [-0.25, -0.2) is 0 Å². The van der Waals surface area contributed by atoms with Gasteiger partial charge in [-0.1, -0.05) is 29.7 Å². The molecule has 0 unspecified atom stereocenters. The highest BCUT2D eigenvalue weighted by Crippen LogP contribution is 2.11. The summed E-state index contributed by atoms with van der Waals surface area (Å²) in [5.74, 6) is 0.519. The fraction of sp³-hybridized carbons (Fsp3) is 0.385. The molecule has 1 heterocycles. The van der Waals surface area contributed by atoms with Crippen LogP contribution >= 0.6 is 0 Å². The monoisotopic (exact) mass is 275 g/mol. The molecule has 20 heavy (non-hydrogen) atoms. The molecule has 0 bridgehead atoms. The number of hydrogen-bond donors (Lipinski definition) is 1. The number of ether oxygens (including phenoxy) is 1. The van der Waals surface area contributed by atoms with Crippen molar-refractivity contribution >= 4 is 11.9 Å². The second kappa shape index (κ2) is 6.65. The SMILES string of the molecule is CCCn1nnc(NC(=O)COc2ccc(C)cc2)n1. The van der Waals surface area contributed by atoms with Gasteiger partial charge in [-0.05, 0) is 30.7 Å². The zero-order chi connectivity index (χ0) is 14.4. The van der Waals surface area contributed by atoms with Crippen molar-refractivity contribution in [3.05, 3.63) is 29.8 Å². The molecule has 0 atom stereocenters. The molecule has 0 aliphatic rings. The van der Waals surface area contributed by atoms with Gasteiger partial charge in [0.15, 0.2) is 6.61 Å². The molecule has 2 aromatic rings. The Morgan fingerprint density at radius 1 is 1.35 bits per heavy atom. The van der Waals surface area contributed by atoms with Crippen LogP contribution in [-0.4, -0.2) is 32.7 Å². The van der Waals surface area contributed by atoms with E-state index < -0.39 is 0 Å². The Hall–Kier alpha value is -2.44. The lowest BCUT2D eigenvalue weighted by molar-refractivity contribution is -0.118. The van der Waals surface area contributed by atoms with Gasteiger partial charge in [-0.15, -0.1) is 5.10 Å². The number of aromatic nitrogens is 4. The first kappa shape index (κ1) is 14.0. The molecule has 106 valence electrons. The summed E-state index contributed by atoms with van der Waals surface area (Å²) in [6, 6.07) is 7.48. The van der Waals surface area contributed by atoms with Crippen molar-refractivity contribution in [2.75, 3.05) is 11.9 Å². The molecule has 0 saturated carbocycles. The summed E-state index contributed by atoms with van der Waals surface area (Å²) in [6.07, 6.45) is 0.903. The van der Waals surface area contributed by atoms with Crippen molar-refractivity contribution in [1.29, 1.82) is 0 Å². The Balaban J connectivity index is 1.81. The quantitative estimate of drug-likeness (QED) is 0.862. The third-order valence-corrected chi connectivity index (χ3v) is 2.52. The number of hydrogen-bond acceptors (Lipinski definition) is 5. The molecule has 0 radical (unpaired) electrons. The molecular formula is C13H17N5O2. The number of rotatable bonds is 6. The fourth-order valence-corrected chi connectivity index (χ4v) is 1.53. The minimum Gasteiger partial charge on any atom is -0.484 e. The molecule has 0 spiro atoms. The predicted octanol–water partition coefficient (Wildman–Crippen LogP) is 1.41. The van der Waals surface area contributed by atoms with Gasteiger partial charge in [0.1, 0.15) is 5.75 Å². The van der Waals surface area contributed by atoms with E-state index in [1.807, 2.05) is 38.1 Å². The minimum absolute atomic E-state index is 0.0919. The fourth-order valence-electron chi connectivity index (χ4n) is 1.53. The Labute approximate surface area is 116 Å². The van der Waals surface area contributed by atoms with Crippen LogP contribution in [0.25, 0.3) is 0 Å². The van der Waals surface area contributed by atoms with Crippen molar-refractivity contribution in [2.45, 2.75) is 26.8 Å².